The van der Waals surface area contributed by atoms with Crippen LogP contribution in [0.2, 0.25) is 0 Å². The summed E-state index contributed by atoms with van der Waals surface area (Å²) in [5.41, 5.74) is 0. The van der Waals surface area contributed by atoms with Gasteiger partial charge < -0.3 is 9.84 Å². The summed E-state index contributed by atoms with van der Waals surface area (Å²) in [4.78, 5) is 10.3. The monoisotopic (exact) mass is 168 g/mol. The number of ether oxygens (including phenoxy) is 1. The van der Waals surface area contributed by atoms with Crippen molar-refractivity contribution in [1.82, 2.24) is 0 Å². The van der Waals surface area contributed by atoms with Gasteiger partial charge in [0.25, 0.3) is 0 Å². The number of aliphatic hydroxyl groups is 1. The van der Waals surface area contributed by atoms with Crippen LogP contribution in [-0.2, 0) is 9.53 Å². The Hall–Kier alpha value is -0.250. The maximum Gasteiger partial charge on any atom is 0.353 e. The lowest BCUT2D eigenvalue weighted by molar-refractivity contribution is -0.150. The third-order valence-electron chi connectivity index (χ3n) is 0.824. The predicted molar refractivity (Wildman–Crippen MR) is 30.8 cm³/mol. The molecule has 1 aliphatic rings. The van der Waals surface area contributed by atoms with E-state index in [9.17, 15) is 4.79 Å². The van der Waals surface area contributed by atoms with Crippen LogP contribution in [0.4, 0.5) is 0 Å². The van der Waals surface area contributed by atoms with Crippen LogP contribution in [0, 0.1) is 0 Å². The molecule has 3 nitrogen and oxygen atoms in total. The third kappa shape index (κ3) is 1.03. The maximum atomic E-state index is 10.3. The predicted octanol–water partition coefficient (Wildman–Crippen LogP) is 0.551. The van der Waals surface area contributed by atoms with Gasteiger partial charge in [-0.05, 0) is 0 Å². The van der Waals surface area contributed by atoms with E-state index in [1.54, 1.807) is 0 Å². The lowest BCUT2D eigenvalue weighted by Gasteiger charge is -1.97. The van der Waals surface area contributed by atoms with Crippen molar-refractivity contribution in [3.8, 4) is 0 Å². The molecule has 0 spiro atoms. The number of hydrogen-bond donors (Lipinski definition) is 1. The van der Waals surface area contributed by atoms with Gasteiger partial charge in [-0.25, -0.2) is 4.79 Å². The topological polar surface area (TPSA) is 46.5 Å². The van der Waals surface area contributed by atoms with Crippen molar-refractivity contribution in [2.45, 2.75) is 6.29 Å². The zero-order chi connectivity index (χ0) is 7.02. The minimum absolute atomic E-state index is 0.151. The molecule has 9 heavy (non-hydrogen) atoms. The molecular formula is C4H2Cl2O3. The molecule has 0 aromatic carbocycles. The van der Waals surface area contributed by atoms with Gasteiger partial charge in [-0.3, -0.25) is 0 Å². The Bertz CT molecular complexity index is 186. The average Bonchev–Trinajstić information content (AvgIpc) is 1.98. The molecule has 0 aromatic rings. The van der Waals surface area contributed by atoms with Crippen LogP contribution in [-0.4, -0.2) is 17.4 Å². The van der Waals surface area contributed by atoms with Crippen molar-refractivity contribution < 1.29 is 14.6 Å². The van der Waals surface area contributed by atoms with Gasteiger partial charge in [0.2, 0.25) is 6.29 Å². The lowest BCUT2D eigenvalue weighted by Crippen LogP contribution is -2.07. The number of halogens is 2. The third-order valence-corrected chi connectivity index (χ3v) is 1.65. The van der Waals surface area contributed by atoms with Crippen molar-refractivity contribution in [3.05, 3.63) is 10.1 Å². The van der Waals surface area contributed by atoms with Gasteiger partial charge in [0.1, 0.15) is 10.1 Å². The van der Waals surface area contributed by atoms with Crippen LogP contribution in [0.1, 0.15) is 0 Å². The summed E-state index contributed by atoms with van der Waals surface area (Å²) in [7, 11) is 0. The van der Waals surface area contributed by atoms with E-state index in [1.807, 2.05) is 0 Å². The van der Waals surface area contributed by atoms with E-state index in [1.165, 1.54) is 0 Å². The largest absolute Gasteiger partial charge is 0.426 e. The molecule has 0 fully saturated rings. The average molecular weight is 169 g/mol. The summed E-state index contributed by atoms with van der Waals surface area (Å²) >= 11 is 10.5. The van der Waals surface area contributed by atoms with Gasteiger partial charge >= 0.3 is 5.97 Å². The van der Waals surface area contributed by atoms with Crippen molar-refractivity contribution in [1.29, 1.82) is 0 Å². The number of carbonyl (C=O) groups is 1. The minimum atomic E-state index is -1.37. The molecule has 1 N–H and O–H groups in total. The second kappa shape index (κ2) is 2.17. The molecule has 0 saturated heterocycles. The first-order valence-electron chi connectivity index (χ1n) is 2.07. The van der Waals surface area contributed by atoms with Gasteiger partial charge in [-0.15, -0.1) is 0 Å². The first-order valence-corrected chi connectivity index (χ1v) is 2.82. The van der Waals surface area contributed by atoms with E-state index in [0.29, 0.717) is 0 Å². The molecule has 0 aliphatic carbocycles. The first-order chi connectivity index (χ1) is 4.13. The summed E-state index contributed by atoms with van der Waals surface area (Å²) in [5.74, 6) is -0.783. The number of esters is 1. The molecule has 0 amide bonds. The highest BCUT2D eigenvalue weighted by molar-refractivity contribution is 6.48. The summed E-state index contributed by atoms with van der Waals surface area (Å²) in [5, 5.41) is 8.22. The fraction of sp³-hybridized carbons (Fsp3) is 0.250. The van der Waals surface area contributed by atoms with Gasteiger partial charge in [-0.2, -0.15) is 0 Å². The lowest BCUT2D eigenvalue weighted by atomic mass is 10.5. The second-order valence-electron chi connectivity index (χ2n) is 1.42. The standard InChI is InChI=1S/C4H2Cl2O3/c5-1-2(6)4(8)9-3(1)7/h3,7H/t3-/m0/s1. The normalized spacial score (nSPS) is 27.0. The minimum Gasteiger partial charge on any atom is -0.426 e. The highest BCUT2D eigenvalue weighted by atomic mass is 35.5. The molecule has 1 heterocycles. The van der Waals surface area contributed by atoms with E-state index >= 15 is 0 Å². The Labute approximate surface area is 60.8 Å². The quantitative estimate of drug-likeness (QED) is 0.538. The van der Waals surface area contributed by atoms with Crippen molar-refractivity contribution >= 4 is 29.2 Å². The van der Waals surface area contributed by atoms with Crippen LogP contribution < -0.4 is 0 Å². The Kier molecular flexibility index (Phi) is 1.66. The van der Waals surface area contributed by atoms with Crippen molar-refractivity contribution in [2.75, 3.05) is 0 Å². The molecule has 50 valence electrons. The number of cyclic esters (lactones) is 1. The SMILES string of the molecule is O=C1O[C@H](O)C(Cl)=C1Cl. The van der Waals surface area contributed by atoms with E-state index in [2.05, 4.69) is 4.74 Å². The summed E-state index contributed by atoms with van der Waals surface area (Å²) < 4.78 is 4.16. The van der Waals surface area contributed by atoms with E-state index in [-0.39, 0.29) is 10.1 Å². The van der Waals surface area contributed by atoms with Crippen molar-refractivity contribution in [3.63, 3.8) is 0 Å². The molecule has 0 saturated carbocycles. The smallest absolute Gasteiger partial charge is 0.353 e. The van der Waals surface area contributed by atoms with Gasteiger partial charge in [0.15, 0.2) is 0 Å². The van der Waals surface area contributed by atoms with Crippen LogP contribution in [0.15, 0.2) is 10.1 Å². The van der Waals surface area contributed by atoms with Gasteiger partial charge in [0, 0.05) is 0 Å². The summed E-state index contributed by atoms with van der Waals surface area (Å²) in [6, 6.07) is 0. The van der Waals surface area contributed by atoms with Crippen LogP contribution in [0.5, 0.6) is 0 Å². The van der Waals surface area contributed by atoms with Crippen LogP contribution in [0.25, 0.3) is 0 Å². The number of carbonyl (C=O) groups excluding carboxylic acids is 1. The molecule has 0 bridgehead atoms. The molecule has 1 atom stereocenters. The second-order valence-corrected chi connectivity index (χ2v) is 2.20. The van der Waals surface area contributed by atoms with E-state index in [0.717, 1.165) is 0 Å². The van der Waals surface area contributed by atoms with Gasteiger partial charge in [0.05, 0.1) is 0 Å². The number of rotatable bonds is 0. The zero-order valence-corrected chi connectivity index (χ0v) is 5.61. The zero-order valence-electron chi connectivity index (χ0n) is 4.10. The molecule has 1 aliphatic heterocycles. The number of hydrogen-bond acceptors (Lipinski definition) is 3. The fourth-order valence-electron chi connectivity index (χ4n) is 0.411. The Morgan fingerprint density at radius 2 is 2.11 bits per heavy atom. The van der Waals surface area contributed by atoms with E-state index < -0.39 is 12.3 Å². The first kappa shape index (κ1) is 6.86. The maximum absolute atomic E-state index is 10.3. The highest BCUT2D eigenvalue weighted by Gasteiger charge is 2.29. The highest BCUT2D eigenvalue weighted by Crippen LogP contribution is 2.26. The van der Waals surface area contributed by atoms with E-state index in [4.69, 9.17) is 28.3 Å². The Morgan fingerprint density at radius 3 is 2.22 bits per heavy atom. The fourth-order valence-corrected chi connectivity index (χ4v) is 0.670. The molecule has 5 heteroatoms. The van der Waals surface area contributed by atoms with Crippen LogP contribution >= 0.6 is 23.2 Å². The number of aliphatic hydroxyl groups excluding tert-OH is 1. The summed E-state index contributed by atoms with van der Waals surface area (Å²) in [6.45, 7) is 0. The molecule has 0 unspecified atom stereocenters. The van der Waals surface area contributed by atoms with Crippen molar-refractivity contribution in [2.24, 2.45) is 0 Å². The van der Waals surface area contributed by atoms with Gasteiger partial charge in [-0.1, -0.05) is 23.2 Å². The van der Waals surface area contributed by atoms with Crippen LogP contribution in [0.3, 0.4) is 0 Å². The molecule has 0 radical (unpaired) electrons. The molecular weight excluding hydrogens is 167 g/mol. The summed E-state index contributed by atoms with van der Waals surface area (Å²) in [6.07, 6.45) is -1.37. The molecule has 0 aromatic heterocycles. The Morgan fingerprint density at radius 1 is 1.56 bits per heavy atom. The Balaban J connectivity index is 2.92. The molecule has 1 rings (SSSR count).